The van der Waals surface area contributed by atoms with Crippen LogP contribution in [0.2, 0.25) is 0 Å². The maximum absolute atomic E-state index is 11.8. The third-order valence-electron chi connectivity index (χ3n) is 2.65. The Labute approximate surface area is 114 Å². The zero-order valence-corrected chi connectivity index (χ0v) is 11.7. The van der Waals surface area contributed by atoms with Crippen molar-refractivity contribution in [3.8, 4) is 0 Å². The number of benzene rings is 1. The molecule has 0 aromatic heterocycles. The fourth-order valence-corrected chi connectivity index (χ4v) is 2.51. The largest absolute Gasteiger partial charge is 0.462 e. The predicted octanol–water partition coefficient (Wildman–Crippen LogP) is 2.93. The fourth-order valence-electron chi connectivity index (χ4n) is 1.66. The lowest BCUT2D eigenvalue weighted by Crippen LogP contribution is -2.14. The van der Waals surface area contributed by atoms with E-state index in [2.05, 4.69) is 28.6 Å². The number of ether oxygens (including phenoxy) is 2. The molecule has 3 nitrogen and oxygen atoms in total. The molecular weight excluding hydrogens is 304 g/mol. The summed E-state index contributed by atoms with van der Waals surface area (Å²) in [5.74, 6) is 0.00663. The number of carbonyl (C=O) groups excluding carboxylic acids is 1. The Kier molecular flexibility index (Phi) is 4.48. The lowest BCUT2D eigenvalue weighted by Gasteiger charge is -2.10. The summed E-state index contributed by atoms with van der Waals surface area (Å²) < 4.78 is 11.4. The number of hydrogen-bond acceptors (Lipinski definition) is 4. The highest BCUT2D eigenvalue weighted by atomic mass is 79.9. The van der Waals surface area contributed by atoms with Crippen molar-refractivity contribution < 1.29 is 14.3 Å². The molecule has 0 saturated carbocycles. The van der Waals surface area contributed by atoms with Crippen molar-refractivity contribution >= 4 is 34.5 Å². The van der Waals surface area contributed by atoms with Crippen LogP contribution in [0.5, 0.6) is 0 Å². The molecule has 1 aliphatic rings. The summed E-state index contributed by atoms with van der Waals surface area (Å²) in [5, 5.41) is 0. The zero-order chi connectivity index (χ0) is 12.3. The highest BCUT2D eigenvalue weighted by Crippen LogP contribution is 2.21. The van der Waals surface area contributed by atoms with Gasteiger partial charge in [-0.15, -0.1) is 12.6 Å². The first-order valence-electron chi connectivity index (χ1n) is 5.40. The summed E-state index contributed by atoms with van der Waals surface area (Å²) in [6, 6.07) is 5.28. The number of halogens is 1. The first kappa shape index (κ1) is 12.9. The molecule has 0 bridgehead atoms. The lowest BCUT2D eigenvalue weighted by molar-refractivity contribution is 0.0424. The van der Waals surface area contributed by atoms with Gasteiger partial charge in [-0.3, -0.25) is 0 Å². The van der Waals surface area contributed by atoms with Crippen LogP contribution in [0.15, 0.2) is 27.6 Å². The molecule has 92 valence electrons. The molecule has 1 unspecified atom stereocenters. The molecule has 0 spiro atoms. The molecule has 0 amide bonds. The normalized spacial score (nSPS) is 19.3. The van der Waals surface area contributed by atoms with E-state index in [1.807, 2.05) is 0 Å². The second-order valence-electron chi connectivity index (χ2n) is 3.99. The van der Waals surface area contributed by atoms with Gasteiger partial charge in [0, 0.05) is 21.9 Å². The maximum Gasteiger partial charge on any atom is 0.339 e. The Morgan fingerprint density at radius 3 is 3.06 bits per heavy atom. The van der Waals surface area contributed by atoms with Gasteiger partial charge in [0.15, 0.2) is 0 Å². The molecule has 5 heteroatoms. The van der Waals surface area contributed by atoms with Crippen molar-refractivity contribution in [1.82, 2.24) is 0 Å². The van der Waals surface area contributed by atoms with Crippen LogP contribution in [-0.4, -0.2) is 25.8 Å². The van der Waals surface area contributed by atoms with E-state index in [1.54, 1.807) is 18.2 Å². The van der Waals surface area contributed by atoms with Crippen LogP contribution in [0.3, 0.4) is 0 Å². The van der Waals surface area contributed by atoms with Crippen LogP contribution in [0.1, 0.15) is 16.8 Å². The SMILES string of the molecule is O=C(OCC1CCOC1)c1ccc(Br)cc1S. The second kappa shape index (κ2) is 5.89. The highest BCUT2D eigenvalue weighted by Gasteiger charge is 2.19. The molecule has 1 fully saturated rings. The highest BCUT2D eigenvalue weighted by molar-refractivity contribution is 9.10. The van der Waals surface area contributed by atoms with Gasteiger partial charge in [-0.2, -0.15) is 0 Å². The molecule has 0 N–H and O–H groups in total. The minimum Gasteiger partial charge on any atom is -0.462 e. The molecule has 1 aromatic rings. The first-order chi connectivity index (χ1) is 8.16. The van der Waals surface area contributed by atoms with Gasteiger partial charge in [0.2, 0.25) is 0 Å². The van der Waals surface area contributed by atoms with Crippen molar-refractivity contribution in [2.24, 2.45) is 5.92 Å². The van der Waals surface area contributed by atoms with E-state index in [-0.39, 0.29) is 5.97 Å². The third kappa shape index (κ3) is 3.47. The average Bonchev–Trinajstić information content (AvgIpc) is 2.78. The van der Waals surface area contributed by atoms with E-state index >= 15 is 0 Å². The van der Waals surface area contributed by atoms with Crippen LogP contribution < -0.4 is 0 Å². The molecule has 0 radical (unpaired) electrons. The minimum atomic E-state index is -0.325. The number of esters is 1. The maximum atomic E-state index is 11.8. The van der Waals surface area contributed by atoms with Crippen LogP contribution in [0.25, 0.3) is 0 Å². The van der Waals surface area contributed by atoms with Gasteiger partial charge in [0.1, 0.15) is 0 Å². The van der Waals surface area contributed by atoms with Gasteiger partial charge in [-0.25, -0.2) is 4.79 Å². The molecule has 1 saturated heterocycles. The monoisotopic (exact) mass is 316 g/mol. The van der Waals surface area contributed by atoms with E-state index < -0.39 is 0 Å². The smallest absolute Gasteiger partial charge is 0.339 e. The third-order valence-corrected chi connectivity index (χ3v) is 3.52. The van der Waals surface area contributed by atoms with Crippen molar-refractivity contribution in [3.05, 3.63) is 28.2 Å². The molecule has 1 heterocycles. The van der Waals surface area contributed by atoms with Crippen LogP contribution in [-0.2, 0) is 9.47 Å². The fraction of sp³-hybridized carbons (Fsp3) is 0.417. The summed E-state index contributed by atoms with van der Waals surface area (Å²) in [6.45, 7) is 1.86. The van der Waals surface area contributed by atoms with Gasteiger partial charge in [0.25, 0.3) is 0 Å². The van der Waals surface area contributed by atoms with Crippen LogP contribution in [0, 0.1) is 5.92 Å². The number of rotatable bonds is 3. The lowest BCUT2D eigenvalue weighted by atomic mass is 10.1. The molecule has 1 aromatic carbocycles. The van der Waals surface area contributed by atoms with Crippen molar-refractivity contribution in [2.75, 3.05) is 19.8 Å². The Balaban J connectivity index is 1.94. The summed E-state index contributed by atoms with van der Waals surface area (Å²) in [5.41, 5.74) is 0.496. The van der Waals surface area contributed by atoms with E-state index in [0.717, 1.165) is 17.5 Å². The van der Waals surface area contributed by atoms with Gasteiger partial charge >= 0.3 is 5.97 Å². The molecule has 1 aliphatic heterocycles. The summed E-state index contributed by atoms with van der Waals surface area (Å²) in [6.07, 6.45) is 0.960. The van der Waals surface area contributed by atoms with Crippen LogP contribution >= 0.6 is 28.6 Å². The van der Waals surface area contributed by atoms with Gasteiger partial charge < -0.3 is 9.47 Å². The Hall–Kier alpha value is -0.520. The topological polar surface area (TPSA) is 35.5 Å². The summed E-state index contributed by atoms with van der Waals surface area (Å²) in [4.78, 5) is 12.4. The van der Waals surface area contributed by atoms with E-state index in [1.165, 1.54) is 0 Å². The Morgan fingerprint density at radius 1 is 1.59 bits per heavy atom. The standard InChI is InChI=1S/C12H13BrO3S/c13-9-1-2-10(11(17)5-9)12(14)16-7-8-3-4-15-6-8/h1-2,5,8,17H,3-4,6-7H2. The molecular formula is C12H13BrO3S. The summed E-state index contributed by atoms with van der Waals surface area (Å²) >= 11 is 7.57. The van der Waals surface area contributed by atoms with Crippen molar-refractivity contribution in [1.29, 1.82) is 0 Å². The second-order valence-corrected chi connectivity index (χ2v) is 5.39. The van der Waals surface area contributed by atoms with Crippen LogP contribution in [0.4, 0.5) is 0 Å². The molecule has 2 rings (SSSR count). The summed E-state index contributed by atoms with van der Waals surface area (Å²) in [7, 11) is 0. The van der Waals surface area contributed by atoms with E-state index in [4.69, 9.17) is 9.47 Å². The number of thiol groups is 1. The van der Waals surface area contributed by atoms with Crippen molar-refractivity contribution in [3.63, 3.8) is 0 Å². The predicted molar refractivity (Wildman–Crippen MR) is 70.6 cm³/mol. The van der Waals surface area contributed by atoms with Gasteiger partial charge in [0.05, 0.1) is 18.8 Å². The Bertz CT molecular complexity index is 416. The molecule has 17 heavy (non-hydrogen) atoms. The Morgan fingerprint density at radius 2 is 2.41 bits per heavy atom. The van der Waals surface area contributed by atoms with Gasteiger partial charge in [-0.1, -0.05) is 15.9 Å². The van der Waals surface area contributed by atoms with Gasteiger partial charge in [-0.05, 0) is 24.6 Å². The first-order valence-corrected chi connectivity index (χ1v) is 6.64. The quantitative estimate of drug-likeness (QED) is 0.688. The number of carbonyl (C=O) groups is 1. The van der Waals surface area contributed by atoms with Crippen molar-refractivity contribution in [2.45, 2.75) is 11.3 Å². The number of hydrogen-bond donors (Lipinski definition) is 1. The molecule has 1 atom stereocenters. The van der Waals surface area contributed by atoms with E-state index in [0.29, 0.717) is 29.6 Å². The zero-order valence-electron chi connectivity index (χ0n) is 9.19. The minimum absolute atomic E-state index is 0.325. The molecule has 0 aliphatic carbocycles. The van der Waals surface area contributed by atoms with E-state index in [9.17, 15) is 4.79 Å². The average molecular weight is 317 g/mol.